The average molecular weight is 239 g/mol. The monoisotopic (exact) mass is 239 g/mol. The van der Waals surface area contributed by atoms with E-state index in [2.05, 4.69) is 0 Å². The van der Waals surface area contributed by atoms with Gasteiger partial charge in [-0.2, -0.15) is 0 Å². The molecule has 0 radical (unpaired) electrons. The van der Waals surface area contributed by atoms with Crippen molar-refractivity contribution in [1.29, 1.82) is 0 Å². The largest absolute Gasteiger partial charge is 0.507 e. The first-order valence-electron chi connectivity index (χ1n) is 4.38. The second-order valence-corrected chi connectivity index (χ2v) is 4.76. The lowest BCUT2D eigenvalue weighted by Gasteiger charge is -2.03. The molecule has 0 bridgehead atoms. The molecule has 2 rings (SSSR count). The summed E-state index contributed by atoms with van der Waals surface area (Å²) >= 11 is 0. The smallest absolute Gasteiger partial charge is 0.238 e. The summed E-state index contributed by atoms with van der Waals surface area (Å²) < 4.78 is 27.1. The quantitative estimate of drug-likeness (QED) is 0.825. The molecular formula is C10H9NO4S. The van der Waals surface area contributed by atoms with E-state index in [1.807, 2.05) is 0 Å². The zero-order chi connectivity index (χ0) is 11.8. The maximum absolute atomic E-state index is 11.0. The Kier molecular flexibility index (Phi) is 2.45. The van der Waals surface area contributed by atoms with Crippen molar-refractivity contribution >= 4 is 10.0 Å². The molecule has 1 aromatic carbocycles. The van der Waals surface area contributed by atoms with Gasteiger partial charge in [0.25, 0.3) is 0 Å². The second kappa shape index (κ2) is 3.66. The molecule has 5 nitrogen and oxygen atoms in total. The van der Waals surface area contributed by atoms with Gasteiger partial charge in [0, 0.05) is 6.07 Å². The highest BCUT2D eigenvalue weighted by Crippen LogP contribution is 2.30. The molecule has 0 aliphatic carbocycles. The minimum absolute atomic E-state index is 0.139. The lowest BCUT2D eigenvalue weighted by molar-refractivity contribution is 0.471. The molecule has 1 aromatic heterocycles. The fourth-order valence-electron chi connectivity index (χ4n) is 1.33. The summed E-state index contributed by atoms with van der Waals surface area (Å²) in [6.45, 7) is 0. The Balaban J connectivity index is 2.54. The number of furan rings is 1. The Hall–Kier alpha value is -1.79. The van der Waals surface area contributed by atoms with Gasteiger partial charge in [-0.1, -0.05) is 0 Å². The fraction of sp³-hybridized carbons (Fsp3) is 0. The molecule has 0 aliphatic heterocycles. The molecule has 0 amide bonds. The van der Waals surface area contributed by atoms with Gasteiger partial charge in [-0.15, -0.1) is 0 Å². The van der Waals surface area contributed by atoms with Gasteiger partial charge in [0.05, 0.1) is 16.7 Å². The minimum atomic E-state index is -3.80. The molecule has 3 N–H and O–H groups in total. The molecule has 1 heterocycles. The molecule has 0 atom stereocenters. The minimum Gasteiger partial charge on any atom is -0.507 e. The lowest BCUT2D eigenvalue weighted by Crippen LogP contribution is -2.11. The van der Waals surface area contributed by atoms with E-state index in [9.17, 15) is 13.5 Å². The number of rotatable bonds is 2. The number of sulfonamides is 1. The van der Waals surface area contributed by atoms with Crippen molar-refractivity contribution in [3.63, 3.8) is 0 Å². The highest BCUT2D eigenvalue weighted by Gasteiger charge is 2.13. The van der Waals surface area contributed by atoms with E-state index in [-0.39, 0.29) is 10.6 Å². The molecule has 16 heavy (non-hydrogen) atoms. The topological polar surface area (TPSA) is 93.5 Å². The molecule has 0 aliphatic rings. The highest BCUT2D eigenvalue weighted by molar-refractivity contribution is 7.89. The number of hydrogen-bond donors (Lipinski definition) is 2. The van der Waals surface area contributed by atoms with Gasteiger partial charge in [-0.05, 0) is 24.3 Å². The summed E-state index contributed by atoms with van der Waals surface area (Å²) in [7, 11) is -3.80. The van der Waals surface area contributed by atoms with Crippen molar-refractivity contribution < 1.29 is 17.9 Å². The van der Waals surface area contributed by atoms with Crippen LogP contribution < -0.4 is 5.14 Å². The number of hydrogen-bond acceptors (Lipinski definition) is 4. The molecule has 2 aromatic rings. The number of phenolic OH excluding ortho intramolecular Hbond substituents is 1. The first-order chi connectivity index (χ1) is 7.48. The number of primary sulfonamides is 1. The van der Waals surface area contributed by atoms with Gasteiger partial charge >= 0.3 is 0 Å². The van der Waals surface area contributed by atoms with E-state index < -0.39 is 10.0 Å². The molecule has 0 fully saturated rings. The normalized spacial score (nSPS) is 11.6. The summed E-state index contributed by atoms with van der Waals surface area (Å²) in [4.78, 5) is -0.139. The maximum atomic E-state index is 11.0. The van der Waals surface area contributed by atoms with E-state index in [0.29, 0.717) is 11.3 Å². The second-order valence-electron chi connectivity index (χ2n) is 3.20. The van der Waals surface area contributed by atoms with E-state index in [0.717, 1.165) is 6.07 Å². The van der Waals surface area contributed by atoms with Crippen LogP contribution in [0.3, 0.4) is 0 Å². The van der Waals surface area contributed by atoms with Crippen molar-refractivity contribution in [3.05, 3.63) is 36.6 Å². The van der Waals surface area contributed by atoms with Gasteiger partial charge in [0.15, 0.2) is 0 Å². The fourth-order valence-corrected chi connectivity index (χ4v) is 1.86. The maximum Gasteiger partial charge on any atom is 0.238 e. The van der Waals surface area contributed by atoms with Crippen molar-refractivity contribution in [2.24, 2.45) is 5.14 Å². The standard InChI is InChI=1S/C10H9NO4S/c11-16(13,14)7-3-4-8(9(12)6-7)10-2-1-5-15-10/h1-6,12H,(H2,11,13,14). The predicted molar refractivity (Wildman–Crippen MR) is 57.2 cm³/mol. The number of benzene rings is 1. The van der Waals surface area contributed by atoms with Crippen LogP contribution in [0.1, 0.15) is 0 Å². The summed E-state index contributed by atoms with van der Waals surface area (Å²) in [5.74, 6) is 0.264. The Morgan fingerprint density at radius 1 is 1.25 bits per heavy atom. The van der Waals surface area contributed by atoms with E-state index in [1.54, 1.807) is 12.1 Å². The summed E-state index contributed by atoms with van der Waals surface area (Å²) in [6.07, 6.45) is 1.46. The molecule has 0 saturated heterocycles. The van der Waals surface area contributed by atoms with Crippen LogP contribution >= 0.6 is 0 Å². The van der Waals surface area contributed by atoms with Gasteiger partial charge in [-0.25, -0.2) is 13.6 Å². The molecule has 0 saturated carbocycles. The number of nitrogens with two attached hydrogens (primary N) is 1. The molecule has 0 spiro atoms. The van der Waals surface area contributed by atoms with Crippen molar-refractivity contribution in [3.8, 4) is 17.1 Å². The lowest BCUT2D eigenvalue weighted by atomic mass is 10.1. The zero-order valence-corrected chi connectivity index (χ0v) is 8.94. The van der Waals surface area contributed by atoms with Crippen LogP contribution in [0.2, 0.25) is 0 Å². The summed E-state index contributed by atoms with van der Waals surface area (Å²) in [6, 6.07) is 7.17. The Bertz CT molecular complexity index is 602. The molecule has 84 valence electrons. The van der Waals surface area contributed by atoms with Crippen LogP contribution in [0.4, 0.5) is 0 Å². The van der Waals surface area contributed by atoms with Crippen LogP contribution in [0.5, 0.6) is 5.75 Å². The Labute approximate surface area is 92.2 Å². The molecular weight excluding hydrogens is 230 g/mol. The molecule has 0 unspecified atom stereocenters. The average Bonchev–Trinajstić information content (AvgIpc) is 2.69. The summed E-state index contributed by atoms with van der Waals surface area (Å²) in [5.41, 5.74) is 0.414. The zero-order valence-electron chi connectivity index (χ0n) is 8.12. The van der Waals surface area contributed by atoms with Crippen molar-refractivity contribution in [2.75, 3.05) is 0 Å². The number of aromatic hydroxyl groups is 1. The van der Waals surface area contributed by atoms with Crippen LogP contribution in [0.25, 0.3) is 11.3 Å². The van der Waals surface area contributed by atoms with E-state index >= 15 is 0 Å². The van der Waals surface area contributed by atoms with Crippen LogP contribution in [0.15, 0.2) is 45.9 Å². The van der Waals surface area contributed by atoms with Gasteiger partial charge in [0.1, 0.15) is 11.5 Å². The van der Waals surface area contributed by atoms with E-state index in [4.69, 9.17) is 9.56 Å². The number of phenols is 1. The third-order valence-corrected chi connectivity index (χ3v) is 3.00. The summed E-state index contributed by atoms with van der Waals surface area (Å²) in [5, 5.41) is 14.6. The SMILES string of the molecule is NS(=O)(=O)c1ccc(-c2ccco2)c(O)c1. The first-order valence-corrected chi connectivity index (χ1v) is 5.93. The van der Waals surface area contributed by atoms with Gasteiger partial charge in [-0.3, -0.25) is 0 Å². The first kappa shape index (κ1) is 10.7. The Morgan fingerprint density at radius 3 is 2.50 bits per heavy atom. The van der Waals surface area contributed by atoms with Crippen LogP contribution in [-0.4, -0.2) is 13.5 Å². The van der Waals surface area contributed by atoms with E-state index in [1.165, 1.54) is 18.4 Å². The van der Waals surface area contributed by atoms with Crippen molar-refractivity contribution in [2.45, 2.75) is 4.90 Å². The molecule has 6 heteroatoms. The van der Waals surface area contributed by atoms with Gasteiger partial charge < -0.3 is 9.52 Å². The van der Waals surface area contributed by atoms with Crippen LogP contribution in [0, 0.1) is 0 Å². The van der Waals surface area contributed by atoms with Gasteiger partial charge in [0.2, 0.25) is 10.0 Å². The third kappa shape index (κ3) is 1.93. The Morgan fingerprint density at radius 2 is 2.00 bits per heavy atom. The highest BCUT2D eigenvalue weighted by atomic mass is 32.2. The predicted octanol–water partition coefficient (Wildman–Crippen LogP) is 1.30. The van der Waals surface area contributed by atoms with Crippen molar-refractivity contribution in [1.82, 2.24) is 0 Å². The third-order valence-electron chi connectivity index (χ3n) is 2.08. The van der Waals surface area contributed by atoms with Crippen LogP contribution in [-0.2, 0) is 10.0 Å².